The largest absolute Gasteiger partial charge is 0.348 e. The first kappa shape index (κ1) is 11.6. The van der Waals surface area contributed by atoms with Gasteiger partial charge < -0.3 is 10.3 Å². The normalized spacial score (nSPS) is 14.4. The summed E-state index contributed by atoms with van der Waals surface area (Å²) in [4.78, 5) is 30.5. The fourth-order valence-corrected chi connectivity index (χ4v) is 1.68. The molecule has 1 amide bonds. The number of aromatic nitrogens is 2. The lowest BCUT2D eigenvalue weighted by Gasteiger charge is -2.06. The van der Waals surface area contributed by atoms with Gasteiger partial charge in [0.25, 0.3) is 11.5 Å². The highest BCUT2D eigenvalue weighted by molar-refractivity contribution is 5.94. The van der Waals surface area contributed by atoms with Gasteiger partial charge in [-0.3, -0.25) is 9.59 Å². The van der Waals surface area contributed by atoms with Gasteiger partial charge in [0.1, 0.15) is 11.4 Å². The number of amides is 1. The second-order valence-corrected chi connectivity index (χ2v) is 4.18. The van der Waals surface area contributed by atoms with Gasteiger partial charge in [-0.1, -0.05) is 6.08 Å². The summed E-state index contributed by atoms with van der Waals surface area (Å²) < 4.78 is 0. The van der Waals surface area contributed by atoms with Gasteiger partial charge in [0.15, 0.2) is 0 Å². The van der Waals surface area contributed by atoms with Gasteiger partial charge in [0.2, 0.25) is 0 Å². The van der Waals surface area contributed by atoms with Gasteiger partial charge in [-0.15, -0.1) is 6.58 Å². The lowest BCUT2D eigenvalue weighted by Crippen LogP contribution is -2.32. The zero-order valence-corrected chi connectivity index (χ0v) is 9.75. The number of aromatic amines is 1. The summed E-state index contributed by atoms with van der Waals surface area (Å²) >= 11 is 0. The Morgan fingerprint density at radius 2 is 2.35 bits per heavy atom. The minimum atomic E-state index is -0.404. The smallest absolute Gasteiger partial charge is 0.264 e. The van der Waals surface area contributed by atoms with Crippen LogP contribution in [0.2, 0.25) is 0 Å². The monoisotopic (exact) mass is 233 g/mol. The molecule has 1 saturated carbocycles. The van der Waals surface area contributed by atoms with Crippen molar-refractivity contribution in [3.8, 4) is 0 Å². The SMILES string of the molecule is C=CCNC(=O)c1c(C)nc(C2CC2)[nH]c1=O. The van der Waals surface area contributed by atoms with Gasteiger partial charge in [-0.25, -0.2) is 4.98 Å². The molecule has 5 heteroatoms. The van der Waals surface area contributed by atoms with E-state index in [1.165, 1.54) is 0 Å². The van der Waals surface area contributed by atoms with Crippen LogP contribution in [0.4, 0.5) is 0 Å². The molecule has 1 fully saturated rings. The van der Waals surface area contributed by atoms with Crippen LogP contribution in [0.5, 0.6) is 0 Å². The predicted octanol–water partition coefficient (Wildman–Crippen LogP) is 0.872. The predicted molar refractivity (Wildman–Crippen MR) is 64.1 cm³/mol. The first-order valence-corrected chi connectivity index (χ1v) is 5.63. The number of H-pyrrole nitrogens is 1. The number of hydrogen-bond donors (Lipinski definition) is 2. The van der Waals surface area contributed by atoms with Crippen molar-refractivity contribution in [3.63, 3.8) is 0 Å². The van der Waals surface area contributed by atoms with E-state index in [9.17, 15) is 9.59 Å². The molecule has 1 heterocycles. The minimum absolute atomic E-state index is 0.0938. The molecule has 1 aromatic heterocycles. The van der Waals surface area contributed by atoms with E-state index in [2.05, 4.69) is 21.9 Å². The van der Waals surface area contributed by atoms with E-state index in [0.717, 1.165) is 12.8 Å². The van der Waals surface area contributed by atoms with Gasteiger partial charge in [-0.2, -0.15) is 0 Å². The average Bonchev–Trinajstić information content (AvgIpc) is 3.08. The number of nitrogens with zero attached hydrogens (tertiary/aromatic N) is 1. The van der Waals surface area contributed by atoms with Gasteiger partial charge in [-0.05, 0) is 19.8 Å². The molecule has 0 saturated heterocycles. The summed E-state index contributed by atoms with van der Waals surface area (Å²) in [6, 6.07) is 0. The van der Waals surface area contributed by atoms with E-state index < -0.39 is 5.91 Å². The van der Waals surface area contributed by atoms with Crippen LogP contribution in [0, 0.1) is 6.92 Å². The third-order valence-corrected chi connectivity index (χ3v) is 2.72. The molecule has 5 nitrogen and oxygen atoms in total. The fraction of sp³-hybridized carbons (Fsp3) is 0.417. The quantitative estimate of drug-likeness (QED) is 0.758. The molecule has 0 atom stereocenters. The Morgan fingerprint density at radius 3 is 2.88 bits per heavy atom. The van der Waals surface area contributed by atoms with Crippen LogP contribution >= 0.6 is 0 Å². The van der Waals surface area contributed by atoms with Crippen molar-refractivity contribution in [1.29, 1.82) is 0 Å². The van der Waals surface area contributed by atoms with E-state index in [4.69, 9.17) is 0 Å². The lowest BCUT2D eigenvalue weighted by molar-refractivity contribution is 0.0955. The number of aryl methyl sites for hydroxylation is 1. The summed E-state index contributed by atoms with van der Waals surface area (Å²) in [5, 5.41) is 2.58. The number of carbonyl (C=O) groups excluding carboxylic acids is 1. The molecule has 0 unspecified atom stereocenters. The van der Waals surface area contributed by atoms with Crippen molar-refractivity contribution in [2.75, 3.05) is 6.54 Å². The van der Waals surface area contributed by atoms with Crippen molar-refractivity contribution in [2.24, 2.45) is 0 Å². The van der Waals surface area contributed by atoms with Gasteiger partial charge >= 0.3 is 0 Å². The second-order valence-electron chi connectivity index (χ2n) is 4.18. The summed E-state index contributed by atoms with van der Waals surface area (Å²) in [5.41, 5.74) is 0.217. The molecule has 2 rings (SSSR count). The maximum Gasteiger partial charge on any atom is 0.264 e. The van der Waals surface area contributed by atoms with E-state index >= 15 is 0 Å². The molecule has 0 spiro atoms. The molecule has 0 bridgehead atoms. The average molecular weight is 233 g/mol. The zero-order valence-electron chi connectivity index (χ0n) is 9.75. The molecule has 90 valence electrons. The number of nitrogens with one attached hydrogen (secondary N) is 2. The molecular formula is C12H15N3O2. The van der Waals surface area contributed by atoms with E-state index in [1.54, 1.807) is 13.0 Å². The first-order valence-electron chi connectivity index (χ1n) is 5.63. The Kier molecular flexibility index (Phi) is 3.08. The highest BCUT2D eigenvalue weighted by atomic mass is 16.2. The summed E-state index contributed by atoms with van der Waals surface area (Å²) in [5.74, 6) is 0.665. The zero-order chi connectivity index (χ0) is 12.4. The van der Waals surface area contributed by atoms with Crippen LogP contribution in [0.25, 0.3) is 0 Å². The maximum absolute atomic E-state index is 11.8. The van der Waals surface area contributed by atoms with Crippen molar-refractivity contribution in [1.82, 2.24) is 15.3 Å². The van der Waals surface area contributed by atoms with E-state index in [1.807, 2.05) is 0 Å². The highest BCUT2D eigenvalue weighted by Gasteiger charge is 2.27. The third kappa shape index (κ3) is 2.43. The summed E-state index contributed by atoms with van der Waals surface area (Å²) in [6.07, 6.45) is 3.68. The summed E-state index contributed by atoms with van der Waals surface area (Å²) in [7, 11) is 0. The van der Waals surface area contributed by atoms with Crippen molar-refractivity contribution < 1.29 is 4.79 Å². The van der Waals surface area contributed by atoms with Crippen LogP contribution in [0.1, 0.15) is 40.6 Å². The van der Waals surface area contributed by atoms with Crippen LogP contribution in [-0.2, 0) is 0 Å². The molecule has 1 aliphatic rings. The molecule has 0 aromatic carbocycles. The second kappa shape index (κ2) is 4.53. The molecule has 2 N–H and O–H groups in total. The first-order chi connectivity index (χ1) is 8.13. The van der Waals surface area contributed by atoms with Crippen LogP contribution < -0.4 is 10.9 Å². The minimum Gasteiger partial charge on any atom is -0.348 e. The number of rotatable bonds is 4. The summed E-state index contributed by atoms with van der Waals surface area (Å²) in [6.45, 7) is 5.52. The topological polar surface area (TPSA) is 74.8 Å². The highest BCUT2D eigenvalue weighted by Crippen LogP contribution is 2.37. The molecule has 1 aliphatic carbocycles. The Balaban J connectivity index is 2.30. The third-order valence-electron chi connectivity index (χ3n) is 2.72. The van der Waals surface area contributed by atoms with Crippen LogP contribution in [-0.4, -0.2) is 22.4 Å². The molecule has 0 aliphatic heterocycles. The molecular weight excluding hydrogens is 218 g/mol. The van der Waals surface area contributed by atoms with E-state index in [-0.39, 0.29) is 11.1 Å². The Morgan fingerprint density at radius 1 is 1.65 bits per heavy atom. The van der Waals surface area contributed by atoms with Crippen molar-refractivity contribution >= 4 is 5.91 Å². The molecule has 17 heavy (non-hydrogen) atoms. The standard InChI is InChI=1S/C12H15N3O2/c1-3-6-13-11(16)9-7(2)14-10(8-4-5-8)15-12(9)17/h3,8H,1,4-6H2,2H3,(H,13,16)(H,14,15,17). The Bertz CT molecular complexity index is 515. The Hall–Kier alpha value is -1.91. The fourth-order valence-electron chi connectivity index (χ4n) is 1.68. The molecule has 1 aromatic rings. The van der Waals surface area contributed by atoms with Crippen LogP contribution in [0.3, 0.4) is 0 Å². The maximum atomic E-state index is 11.8. The molecule has 0 radical (unpaired) electrons. The van der Waals surface area contributed by atoms with Crippen molar-refractivity contribution in [2.45, 2.75) is 25.7 Å². The van der Waals surface area contributed by atoms with Gasteiger partial charge in [0, 0.05) is 12.5 Å². The van der Waals surface area contributed by atoms with Crippen molar-refractivity contribution in [3.05, 3.63) is 40.1 Å². The van der Waals surface area contributed by atoms with E-state index in [0.29, 0.717) is 24.0 Å². The van der Waals surface area contributed by atoms with Gasteiger partial charge in [0.05, 0.1) is 5.69 Å². The van der Waals surface area contributed by atoms with Crippen LogP contribution in [0.15, 0.2) is 17.4 Å². The lowest BCUT2D eigenvalue weighted by atomic mass is 10.2. The number of carbonyl (C=O) groups is 1. The number of hydrogen-bond acceptors (Lipinski definition) is 3. The Labute approximate surface area is 99.0 Å².